The van der Waals surface area contributed by atoms with E-state index in [4.69, 9.17) is 23.2 Å². The molecule has 0 N–H and O–H groups in total. The van der Waals surface area contributed by atoms with Crippen molar-refractivity contribution in [1.29, 1.82) is 0 Å². The molecule has 0 amide bonds. The van der Waals surface area contributed by atoms with Crippen LogP contribution in [0.25, 0.3) is 0 Å². The lowest BCUT2D eigenvalue weighted by atomic mass is 10.1. The minimum absolute atomic E-state index is 0.727. The number of hydrogen-bond acceptors (Lipinski definition) is 3. The lowest BCUT2D eigenvalue weighted by Gasteiger charge is -2.34. The Balaban J connectivity index is 1.49. The molecule has 0 radical (unpaired) electrons. The summed E-state index contributed by atoms with van der Waals surface area (Å²) in [5.41, 5.74) is 1.41. The molecule has 2 aromatic rings. The lowest BCUT2D eigenvalue weighted by Crippen LogP contribution is -2.44. The minimum Gasteiger partial charge on any atom is -0.300 e. The average Bonchev–Trinajstić information content (AvgIpc) is 2.59. The van der Waals surface area contributed by atoms with Crippen LogP contribution in [0.1, 0.15) is 5.56 Å². The van der Waals surface area contributed by atoms with Crippen LogP contribution >= 0.6 is 53.6 Å². The zero-order valence-electron chi connectivity index (χ0n) is 13.9. The third kappa shape index (κ3) is 5.56. The summed E-state index contributed by atoms with van der Waals surface area (Å²) in [6.45, 7) is 5.28. The first kappa shape index (κ1) is 19.9. The molecule has 1 saturated heterocycles. The first-order valence-electron chi connectivity index (χ1n) is 8.26. The van der Waals surface area contributed by atoms with E-state index in [0.717, 1.165) is 54.1 Å². The van der Waals surface area contributed by atoms with E-state index in [-0.39, 0.29) is 0 Å². The molecule has 25 heavy (non-hydrogen) atoms. The van der Waals surface area contributed by atoms with Crippen molar-refractivity contribution in [3.63, 3.8) is 0 Å². The average molecular weight is 431 g/mol. The Hall–Kier alpha value is 0.150. The van der Waals surface area contributed by atoms with Crippen LogP contribution in [-0.2, 0) is 6.42 Å². The molecule has 2 atom stereocenters. The van der Waals surface area contributed by atoms with Gasteiger partial charge >= 0.3 is 0 Å². The van der Waals surface area contributed by atoms with E-state index >= 15 is 0 Å². The van der Waals surface area contributed by atoms with Gasteiger partial charge in [0.1, 0.15) is 0 Å². The van der Waals surface area contributed by atoms with Crippen LogP contribution in [0, 0.1) is 0 Å². The van der Waals surface area contributed by atoms with E-state index in [2.05, 4.69) is 45.9 Å². The molecule has 0 aliphatic carbocycles. The highest BCUT2D eigenvalue weighted by molar-refractivity contribution is 7.97. The second kappa shape index (κ2) is 9.38. The second-order valence-electron chi connectivity index (χ2n) is 6.12. The summed E-state index contributed by atoms with van der Waals surface area (Å²) in [7, 11) is 5.60. The van der Waals surface area contributed by atoms with Gasteiger partial charge in [0.25, 0.3) is 0 Å². The molecule has 1 heterocycles. The third-order valence-corrected chi connectivity index (χ3v) is 7.33. The number of benzene rings is 2. The Morgan fingerprint density at radius 3 is 2.28 bits per heavy atom. The standard InChI is InChI=1S/C18H22Cl2N2P2S/c19-15-2-1-3-16(20)18(15)25-22-10-8-21(9-11-22)7-6-13-4-5-14(23)12-17(13)24/h1-5,12H,6-11,23-24H2. The van der Waals surface area contributed by atoms with Crippen molar-refractivity contribution in [3.05, 3.63) is 52.0 Å². The van der Waals surface area contributed by atoms with Crippen molar-refractivity contribution in [2.45, 2.75) is 11.3 Å². The molecular formula is C18H22Cl2N2P2S. The Labute approximate surface area is 169 Å². The first-order valence-corrected chi connectivity index (χ1v) is 10.9. The van der Waals surface area contributed by atoms with Crippen molar-refractivity contribution in [2.75, 3.05) is 32.7 Å². The lowest BCUT2D eigenvalue weighted by molar-refractivity contribution is 0.198. The van der Waals surface area contributed by atoms with Crippen molar-refractivity contribution in [3.8, 4) is 0 Å². The number of nitrogens with zero attached hydrogens (tertiary/aromatic N) is 2. The molecule has 2 nitrogen and oxygen atoms in total. The number of hydrogen-bond donors (Lipinski definition) is 0. The molecule has 0 saturated carbocycles. The Bertz CT molecular complexity index is 717. The molecule has 2 unspecified atom stereocenters. The van der Waals surface area contributed by atoms with Crippen LogP contribution < -0.4 is 10.6 Å². The maximum absolute atomic E-state index is 6.28. The maximum atomic E-state index is 6.28. The predicted molar refractivity (Wildman–Crippen MR) is 119 cm³/mol. The fourth-order valence-corrected chi connectivity index (χ4v) is 5.28. The van der Waals surface area contributed by atoms with Gasteiger partial charge in [-0.2, -0.15) is 0 Å². The van der Waals surface area contributed by atoms with Crippen LogP contribution in [0.4, 0.5) is 0 Å². The van der Waals surface area contributed by atoms with Gasteiger partial charge in [0.05, 0.1) is 14.9 Å². The summed E-state index contributed by atoms with van der Waals surface area (Å²) >= 11 is 14.2. The van der Waals surface area contributed by atoms with Crippen LogP contribution in [0.2, 0.25) is 10.0 Å². The van der Waals surface area contributed by atoms with Gasteiger partial charge in [-0.05, 0) is 52.7 Å². The van der Waals surface area contributed by atoms with Gasteiger partial charge in [-0.3, -0.25) is 0 Å². The molecular weight excluding hydrogens is 409 g/mol. The van der Waals surface area contributed by atoms with Gasteiger partial charge in [0.2, 0.25) is 0 Å². The second-order valence-corrected chi connectivity index (χ2v) is 9.33. The summed E-state index contributed by atoms with van der Waals surface area (Å²) in [5.74, 6) is 0. The van der Waals surface area contributed by atoms with Crippen molar-refractivity contribution in [2.24, 2.45) is 0 Å². The van der Waals surface area contributed by atoms with Gasteiger partial charge in [-0.25, -0.2) is 4.31 Å². The van der Waals surface area contributed by atoms with Crippen LogP contribution in [0.5, 0.6) is 0 Å². The molecule has 1 aliphatic heterocycles. The fourth-order valence-electron chi connectivity index (χ4n) is 2.86. The number of halogens is 2. The zero-order valence-corrected chi connectivity index (χ0v) is 18.6. The SMILES string of the molecule is Pc1ccc(CCN2CCN(Sc3c(Cl)cccc3Cl)CC2)c(P)c1. The third-order valence-electron chi connectivity index (χ3n) is 4.34. The normalized spacial score (nSPS) is 16.3. The molecule has 1 fully saturated rings. The smallest absolute Gasteiger partial charge is 0.0603 e. The summed E-state index contributed by atoms with van der Waals surface area (Å²) in [6, 6.07) is 12.3. The van der Waals surface area contributed by atoms with E-state index in [1.54, 1.807) is 11.9 Å². The molecule has 1 aliphatic rings. The van der Waals surface area contributed by atoms with Gasteiger partial charge < -0.3 is 4.90 Å². The largest absolute Gasteiger partial charge is 0.300 e. The zero-order chi connectivity index (χ0) is 17.8. The van der Waals surface area contributed by atoms with Crippen molar-refractivity contribution in [1.82, 2.24) is 9.21 Å². The van der Waals surface area contributed by atoms with Crippen LogP contribution in [0.15, 0.2) is 41.3 Å². The fraction of sp³-hybridized carbons (Fsp3) is 0.333. The minimum atomic E-state index is 0.727. The van der Waals surface area contributed by atoms with Gasteiger partial charge in [0.15, 0.2) is 0 Å². The molecule has 3 rings (SSSR count). The Kier molecular flexibility index (Phi) is 7.46. The molecule has 7 heteroatoms. The number of rotatable bonds is 5. The summed E-state index contributed by atoms with van der Waals surface area (Å²) < 4.78 is 2.35. The Morgan fingerprint density at radius 2 is 1.64 bits per heavy atom. The van der Waals surface area contributed by atoms with Gasteiger partial charge in [-0.1, -0.05) is 41.4 Å². The summed E-state index contributed by atoms with van der Waals surface area (Å²) in [6.07, 6.45) is 1.09. The highest BCUT2D eigenvalue weighted by Gasteiger charge is 2.19. The topological polar surface area (TPSA) is 6.48 Å². The maximum Gasteiger partial charge on any atom is 0.0603 e. The van der Waals surface area contributed by atoms with E-state index in [1.165, 1.54) is 16.2 Å². The van der Waals surface area contributed by atoms with Gasteiger partial charge in [0, 0.05) is 32.7 Å². The number of piperazine rings is 1. The van der Waals surface area contributed by atoms with Gasteiger partial charge in [-0.15, -0.1) is 18.5 Å². The molecule has 0 spiro atoms. The Morgan fingerprint density at radius 1 is 0.960 bits per heavy atom. The molecule has 2 aromatic carbocycles. The summed E-state index contributed by atoms with van der Waals surface area (Å²) in [4.78, 5) is 3.49. The molecule has 0 bridgehead atoms. The van der Waals surface area contributed by atoms with Crippen molar-refractivity contribution < 1.29 is 0 Å². The highest BCUT2D eigenvalue weighted by Crippen LogP contribution is 2.36. The monoisotopic (exact) mass is 430 g/mol. The quantitative estimate of drug-likeness (QED) is 0.525. The molecule has 134 valence electrons. The highest BCUT2D eigenvalue weighted by atomic mass is 35.5. The van der Waals surface area contributed by atoms with E-state index in [1.807, 2.05) is 18.2 Å². The van der Waals surface area contributed by atoms with Crippen molar-refractivity contribution >= 4 is 64.2 Å². The summed E-state index contributed by atoms with van der Waals surface area (Å²) in [5, 5.41) is 3.99. The molecule has 0 aromatic heterocycles. The first-order chi connectivity index (χ1) is 12.0. The van der Waals surface area contributed by atoms with E-state index in [9.17, 15) is 0 Å². The van der Waals surface area contributed by atoms with E-state index in [0.29, 0.717) is 0 Å². The predicted octanol–water partition coefficient (Wildman–Crippen LogP) is 3.86. The van der Waals surface area contributed by atoms with Crippen LogP contribution in [-0.4, -0.2) is 41.9 Å². The van der Waals surface area contributed by atoms with Crippen LogP contribution in [0.3, 0.4) is 0 Å². The van der Waals surface area contributed by atoms with E-state index < -0.39 is 0 Å².